The first-order valence-electron chi connectivity index (χ1n) is 3.99. The van der Waals surface area contributed by atoms with Crippen molar-refractivity contribution in [1.29, 1.82) is 0 Å². The summed E-state index contributed by atoms with van der Waals surface area (Å²) < 4.78 is 4.27. The van der Waals surface area contributed by atoms with Crippen LogP contribution in [0.15, 0.2) is 0 Å². The van der Waals surface area contributed by atoms with Crippen molar-refractivity contribution in [1.82, 2.24) is 0 Å². The molecule has 0 heterocycles. The second kappa shape index (κ2) is 6.46. The fourth-order valence-corrected chi connectivity index (χ4v) is 0.769. The lowest BCUT2D eigenvalue weighted by Crippen LogP contribution is -2.14. The molecule has 13 heavy (non-hydrogen) atoms. The first-order chi connectivity index (χ1) is 6.06. The first kappa shape index (κ1) is 11.9. The highest BCUT2D eigenvalue weighted by Crippen LogP contribution is 2.00. The van der Waals surface area contributed by atoms with Gasteiger partial charge in [0.25, 0.3) is 0 Å². The van der Waals surface area contributed by atoms with E-state index in [2.05, 4.69) is 16.6 Å². The Morgan fingerprint density at radius 2 is 2.15 bits per heavy atom. The molecular weight excluding hydrogens is 172 g/mol. The smallest absolute Gasteiger partial charge is 0.384 e. The fraction of sp³-hybridized carbons (Fsp3) is 0.667. The molecule has 0 aliphatic heterocycles. The minimum Gasteiger partial charge on any atom is -0.459 e. The number of carbonyl (C=O) groups excluding carboxylic acids is 1. The van der Waals surface area contributed by atoms with E-state index >= 15 is 0 Å². The van der Waals surface area contributed by atoms with Gasteiger partial charge in [-0.1, -0.05) is 5.92 Å². The highest BCUT2D eigenvalue weighted by Gasteiger charge is 2.05. The Bertz CT molecular complexity index is 211. The molecule has 4 heteroatoms. The quantitative estimate of drug-likeness (QED) is 0.360. The van der Waals surface area contributed by atoms with Crippen LogP contribution < -0.4 is 0 Å². The molecule has 0 amide bonds. The number of methoxy groups -OCH3 is 1. The van der Waals surface area contributed by atoms with Crippen LogP contribution in [0.1, 0.15) is 19.8 Å². The van der Waals surface area contributed by atoms with Gasteiger partial charge in [-0.3, -0.25) is 0 Å². The lowest BCUT2D eigenvalue weighted by Gasteiger charge is -2.07. The van der Waals surface area contributed by atoms with Gasteiger partial charge in [-0.15, -0.1) is 0 Å². The zero-order valence-electron chi connectivity index (χ0n) is 7.78. The van der Waals surface area contributed by atoms with E-state index in [1.807, 2.05) is 0 Å². The molecular formula is C9H14O4. The summed E-state index contributed by atoms with van der Waals surface area (Å²) in [5, 5.41) is 18.1. The largest absolute Gasteiger partial charge is 0.459 e. The monoisotopic (exact) mass is 186 g/mol. The van der Waals surface area contributed by atoms with Crippen LogP contribution in [-0.2, 0) is 9.53 Å². The van der Waals surface area contributed by atoms with Gasteiger partial charge < -0.3 is 14.9 Å². The zero-order valence-corrected chi connectivity index (χ0v) is 7.78. The van der Waals surface area contributed by atoms with E-state index in [0.29, 0.717) is 0 Å². The number of aliphatic hydroxyl groups is 2. The second-order valence-corrected chi connectivity index (χ2v) is 2.74. The molecule has 0 aromatic heterocycles. The van der Waals surface area contributed by atoms with E-state index in [9.17, 15) is 9.90 Å². The van der Waals surface area contributed by atoms with Gasteiger partial charge in [-0.25, -0.2) is 4.79 Å². The third-order valence-electron chi connectivity index (χ3n) is 1.33. The van der Waals surface area contributed by atoms with Gasteiger partial charge in [-0.05, 0) is 13.3 Å². The summed E-state index contributed by atoms with van der Waals surface area (Å²) in [5.41, 5.74) is 0. The van der Waals surface area contributed by atoms with Crippen LogP contribution in [0, 0.1) is 11.8 Å². The number of hydrogen-bond acceptors (Lipinski definition) is 4. The highest BCUT2D eigenvalue weighted by atomic mass is 16.5. The molecule has 0 radical (unpaired) electrons. The normalized spacial score (nSPS) is 13.8. The van der Waals surface area contributed by atoms with Crippen molar-refractivity contribution in [3.63, 3.8) is 0 Å². The van der Waals surface area contributed by atoms with Crippen LogP contribution >= 0.6 is 0 Å². The maximum Gasteiger partial charge on any atom is 0.384 e. The lowest BCUT2D eigenvalue weighted by atomic mass is 10.1. The van der Waals surface area contributed by atoms with Crippen molar-refractivity contribution in [2.45, 2.75) is 32.0 Å². The molecule has 0 aromatic carbocycles. The van der Waals surface area contributed by atoms with E-state index in [0.717, 1.165) is 0 Å². The Morgan fingerprint density at radius 1 is 1.54 bits per heavy atom. The molecule has 0 unspecified atom stereocenters. The molecule has 74 valence electrons. The van der Waals surface area contributed by atoms with Crippen molar-refractivity contribution in [2.75, 3.05) is 7.11 Å². The third kappa shape index (κ3) is 7.32. The molecule has 0 saturated carbocycles. The maximum atomic E-state index is 10.5. The standard InChI is InChI=1S/C9H14O4/c1-7(10)6-8(11)4-3-5-9(12)13-2/h7-8,10-11H,4,6H2,1-2H3/t7-,8-/m0/s1. The predicted octanol–water partition coefficient (Wildman–Crippen LogP) is -0.315. The van der Waals surface area contributed by atoms with E-state index < -0.39 is 18.2 Å². The van der Waals surface area contributed by atoms with Gasteiger partial charge in [-0.2, -0.15) is 0 Å². The first-order valence-corrected chi connectivity index (χ1v) is 3.99. The van der Waals surface area contributed by atoms with Crippen molar-refractivity contribution < 1.29 is 19.7 Å². The number of hydrogen-bond donors (Lipinski definition) is 2. The second-order valence-electron chi connectivity index (χ2n) is 2.74. The molecule has 2 N–H and O–H groups in total. The van der Waals surface area contributed by atoms with Crippen LogP contribution in [0.4, 0.5) is 0 Å². The SMILES string of the molecule is COC(=O)C#CC[C@H](O)C[C@H](C)O. The number of rotatable bonds is 3. The molecule has 0 rings (SSSR count). The Hall–Kier alpha value is -1.05. The summed E-state index contributed by atoms with van der Waals surface area (Å²) in [6, 6.07) is 0. The molecule has 0 aliphatic carbocycles. The minimum atomic E-state index is -0.697. The van der Waals surface area contributed by atoms with E-state index in [1.165, 1.54) is 7.11 Å². The van der Waals surface area contributed by atoms with E-state index in [4.69, 9.17) is 5.11 Å². The van der Waals surface area contributed by atoms with Gasteiger partial charge in [0.15, 0.2) is 0 Å². The lowest BCUT2D eigenvalue weighted by molar-refractivity contribution is -0.133. The average molecular weight is 186 g/mol. The van der Waals surface area contributed by atoms with Crippen LogP contribution in [0.3, 0.4) is 0 Å². The number of esters is 1. The minimum absolute atomic E-state index is 0.167. The number of carbonyl (C=O) groups is 1. The summed E-state index contributed by atoms with van der Waals surface area (Å²) >= 11 is 0. The van der Waals surface area contributed by atoms with Crippen molar-refractivity contribution in [3.8, 4) is 11.8 Å². The molecule has 2 atom stereocenters. The average Bonchev–Trinajstić information content (AvgIpc) is 2.02. The summed E-state index contributed by atoms with van der Waals surface area (Å²) in [7, 11) is 1.24. The summed E-state index contributed by atoms with van der Waals surface area (Å²) in [4.78, 5) is 10.5. The Morgan fingerprint density at radius 3 is 2.62 bits per heavy atom. The molecule has 0 fully saturated rings. The van der Waals surface area contributed by atoms with Crippen molar-refractivity contribution >= 4 is 5.97 Å². The predicted molar refractivity (Wildman–Crippen MR) is 46.7 cm³/mol. The fourth-order valence-electron chi connectivity index (χ4n) is 0.769. The van der Waals surface area contributed by atoms with Crippen molar-refractivity contribution in [3.05, 3.63) is 0 Å². The van der Waals surface area contributed by atoms with Gasteiger partial charge >= 0.3 is 5.97 Å². The topological polar surface area (TPSA) is 66.8 Å². The van der Waals surface area contributed by atoms with Crippen LogP contribution in [0.2, 0.25) is 0 Å². The summed E-state index contributed by atoms with van der Waals surface area (Å²) in [6.45, 7) is 1.58. The third-order valence-corrected chi connectivity index (χ3v) is 1.33. The highest BCUT2D eigenvalue weighted by molar-refractivity contribution is 5.88. The number of aliphatic hydroxyl groups excluding tert-OH is 2. The van der Waals surface area contributed by atoms with Gasteiger partial charge in [0.1, 0.15) is 0 Å². The Kier molecular flexibility index (Phi) is 5.94. The molecule has 0 bridgehead atoms. The van der Waals surface area contributed by atoms with Gasteiger partial charge in [0.05, 0.1) is 19.3 Å². The molecule has 0 spiro atoms. The van der Waals surface area contributed by atoms with E-state index in [-0.39, 0.29) is 12.8 Å². The van der Waals surface area contributed by atoms with Crippen LogP contribution in [0.5, 0.6) is 0 Å². The van der Waals surface area contributed by atoms with Gasteiger partial charge in [0.2, 0.25) is 0 Å². The van der Waals surface area contributed by atoms with Gasteiger partial charge in [0, 0.05) is 12.3 Å². The van der Waals surface area contributed by atoms with Crippen LogP contribution in [-0.4, -0.2) is 35.5 Å². The van der Waals surface area contributed by atoms with Crippen LogP contribution in [0.25, 0.3) is 0 Å². The summed E-state index contributed by atoms with van der Waals surface area (Å²) in [5.74, 6) is 4.02. The van der Waals surface area contributed by atoms with Crippen molar-refractivity contribution in [2.24, 2.45) is 0 Å². The van der Waals surface area contributed by atoms with E-state index in [1.54, 1.807) is 6.92 Å². The Balaban J connectivity index is 3.72. The molecule has 4 nitrogen and oxygen atoms in total. The number of ether oxygens (including phenoxy) is 1. The zero-order chi connectivity index (χ0) is 10.3. The maximum absolute atomic E-state index is 10.5. The molecule has 0 saturated heterocycles. The molecule has 0 aliphatic rings. The summed E-state index contributed by atoms with van der Waals surface area (Å²) in [6.07, 6.45) is -0.831. The molecule has 0 aromatic rings. The Labute approximate surface area is 77.5 Å².